The SMILES string of the molecule is CC(C)NC(=O)/C(C#N)=C/c1cccc(C(F)(F)F)c1. The first-order chi connectivity index (χ1) is 9.24. The summed E-state index contributed by atoms with van der Waals surface area (Å²) in [7, 11) is 0. The molecule has 0 aliphatic carbocycles. The Bertz CT molecular complexity index is 569. The first-order valence-electron chi connectivity index (χ1n) is 5.84. The normalized spacial score (nSPS) is 12.2. The van der Waals surface area contributed by atoms with Crippen molar-refractivity contribution in [3.05, 3.63) is 41.0 Å². The van der Waals surface area contributed by atoms with Crippen molar-refractivity contribution in [3.8, 4) is 6.07 Å². The molecule has 0 spiro atoms. The second-order valence-electron chi connectivity index (χ2n) is 4.42. The van der Waals surface area contributed by atoms with E-state index in [1.165, 1.54) is 12.1 Å². The van der Waals surface area contributed by atoms with Crippen LogP contribution in [0.4, 0.5) is 13.2 Å². The number of benzene rings is 1. The fraction of sp³-hybridized carbons (Fsp3) is 0.286. The molecule has 0 bridgehead atoms. The van der Waals surface area contributed by atoms with Crippen molar-refractivity contribution in [2.45, 2.75) is 26.1 Å². The maximum Gasteiger partial charge on any atom is 0.416 e. The van der Waals surface area contributed by atoms with Crippen LogP contribution in [0.1, 0.15) is 25.0 Å². The quantitative estimate of drug-likeness (QED) is 0.684. The Balaban J connectivity index is 3.09. The number of nitrogens with one attached hydrogen (secondary N) is 1. The van der Waals surface area contributed by atoms with Gasteiger partial charge in [0.05, 0.1) is 5.56 Å². The first kappa shape index (κ1) is 15.8. The van der Waals surface area contributed by atoms with E-state index in [1.54, 1.807) is 19.9 Å². The first-order valence-corrected chi connectivity index (χ1v) is 5.84. The fourth-order valence-electron chi connectivity index (χ4n) is 1.46. The number of carbonyl (C=O) groups is 1. The Hall–Kier alpha value is -2.29. The van der Waals surface area contributed by atoms with E-state index in [-0.39, 0.29) is 17.2 Å². The molecule has 1 rings (SSSR count). The number of halogens is 3. The molecule has 0 unspecified atom stereocenters. The molecule has 20 heavy (non-hydrogen) atoms. The van der Waals surface area contributed by atoms with E-state index in [0.717, 1.165) is 18.2 Å². The Labute approximate surface area is 114 Å². The van der Waals surface area contributed by atoms with Crippen LogP contribution in [0.2, 0.25) is 0 Å². The second kappa shape index (κ2) is 6.24. The molecule has 106 valence electrons. The molecule has 0 saturated heterocycles. The summed E-state index contributed by atoms with van der Waals surface area (Å²) in [5, 5.41) is 11.4. The molecule has 0 heterocycles. The van der Waals surface area contributed by atoms with E-state index < -0.39 is 17.6 Å². The third-order valence-electron chi connectivity index (χ3n) is 2.31. The number of rotatable bonds is 3. The van der Waals surface area contributed by atoms with Gasteiger partial charge in [0.2, 0.25) is 0 Å². The lowest BCUT2D eigenvalue weighted by atomic mass is 10.1. The third kappa shape index (κ3) is 4.43. The van der Waals surface area contributed by atoms with Crippen LogP contribution in [0.3, 0.4) is 0 Å². The summed E-state index contributed by atoms with van der Waals surface area (Å²) < 4.78 is 37.7. The molecule has 0 atom stereocenters. The smallest absolute Gasteiger partial charge is 0.349 e. The molecule has 0 saturated carbocycles. The van der Waals surface area contributed by atoms with Gasteiger partial charge < -0.3 is 5.32 Å². The highest BCUT2D eigenvalue weighted by Crippen LogP contribution is 2.29. The zero-order chi connectivity index (χ0) is 15.3. The van der Waals surface area contributed by atoms with Crippen molar-refractivity contribution in [1.82, 2.24) is 5.32 Å². The molecular weight excluding hydrogens is 269 g/mol. The van der Waals surface area contributed by atoms with Crippen LogP contribution in [0, 0.1) is 11.3 Å². The summed E-state index contributed by atoms with van der Waals surface area (Å²) in [5.74, 6) is -0.611. The molecule has 1 amide bonds. The molecule has 0 aromatic heterocycles. The number of amides is 1. The van der Waals surface area contributed by atoms with E-state index in [0.29, 0.717) is 0 Å². The average molecular weight is 282 g/mol. The van der Waals surface area contributed by atoms with Crippen LogP contribution in [0.5, 0.6) is 0 Å². The Morgan fingerprint density at radius 2 is 2.05 bits per heavy atom. The molecule has 0 fully saturated rings. The fourth-order valence-corrected chi connectivity index (χ4v) is 1.46. The molecule has 6 heteroatoms. The maximum atomic E-state index is 12.6. The van der Waals surface area contributed by atoms with Gasteiger partial charge in [-0.15, -0.1) is 0 Å². The minimum Gasteiger partial charge on any atom is -0.349 e. The second-order valence-corrected chi connectivity index (χ2v) is 4.42. The molecule has 1 N–H and O–H groups in total. The van der Waals surface area contributed by atoms with Gasteiger partial charge in [-0.2, -0.15) is 18.4 Å². The van der Waals surface area contributed by atoms with Crippen LogP contribution in [0.15, 0.2) is 29.8 Å². The zero-order valence-electron chi connectivity index (χ0n) is 11.0. The minimum atomic E-state index is -4.46. The number of hydrogen-bond acceptors (Lipinski definition) is 2. The Morgan fingerprint density at radius 3 is 2.55 bits per heavy atom. The summed E-state index contributed by atoms with van der Waals surface area (Å²) in [6, 6.07) is 5.96. The summed E-state index contributed by atoms with van der Waals surface area (Å²) in [4.78, 5) is 11.6. The standard InChI is InChI=1S/C14H13F3N2O/c1-9(2)19-13(20)11(8-18)6-10-4-3-5-12(7-10)14(15,16)17/h3-7,9H,1-2H3,(H,19,20)/b11-6+. The predicted molar refractivity (Wildman–Crippen MR) is 68.3 cm³/mol. The van der Waals surface area contributed by atoms with Crippen molar-refractivity contribution in [2.75, 3.05) is 0 Å². The molecule has 0 aliphatic rings. The highest BCUT2D eigenvalue weighted by molar-refractivity contribution is 6.01. The van der Waals surface area contributed by atoms with Crippen molar-refractivity contribution in [3.63, 3.8) is 0 Å². The number of nitrogens with zero attached hydrogens (tertiary/aromatic N) is 1. The molecular formula is C14H13F3N2O. The molecule has 1 aromatic carbocycles. The van der Waals surface area contributed by atoms with Gasteiger partial charge in [-0.3, -0.25) is 4.79 Å². The van der Waals surface area contributed by atoms with Gasteiger partial charge in [-0.05, 0) is 37.6 Å². The zero-order valence-corrected chi connectivity index (χ0v) is 11.0. The van der Waals surface area contributed by atoms with Crippen molar-refractivity contribution < 1.29 is 18.0 Å². The average Bonchev–Trinajstić information content (AvgIpc) is 2.34. The van der Waals surface area contributed by atoms with Gasteiger partial charge in [0, 0.05) is 6.04 Å². The number of nitriles is 1. The Morgan fingerprint density at radius 1 is 1.40 bits per heavy atom. The van der Waals surface area contributed by atoms with Gasteiger partial charge in [0.25, 0.3) is 5.91 Å². The largest absolute Gasteiger partial charge is 0.416 e. The van der Waals surface area contributed by atoms with E-state index in [2.05, 4.69) is 5.32 Å². The summed E-state index contributed by atoms with van der Waals surface area (Å²) >= 11 is 0. The van der Waals surface area contributed by atoms with Gasteiger partial charge in [0.1, 0.15) is 11.6 Å². The van der Waals surface area contributed by atoms with Crippen molar-refractivity contribution >= 4 is 12.0 Å². The lowest BCUT2D eigenvalue weighted by Crippen LogP contribution is -2.30. The minimum absolute atomic E-state index is 0.148. The highest BCUT2D eigenvalue weighted by atomic mass is 19.4. The summed E-state index contributed by atoms with van der Waals surface area (Å²) in [5.41, 5.74) is -0.916. The number of carbonyl (C=O) groups excluding carboxylic acids is 1. The summed E-state index contributed by atoms with van der Waals surface area (Å²) in [6.45, 7) is 3.44. The van der Waals surface area contributed by atoms with Gasteiger partial charge in [-0.1, -0.05) is 12.1 Å². The topological polar surface area (TPSA) is 52.9 Å². The van der Waals surface area contributed by atoms with E-state index >= 15 is 0 Å². The van der Waals surface area contributed by atoms with E-state index in [9.17, 15) is 18.0 Å². The van der Waals surface area contributed by atoms with Crippen LogP contribution in [-0.4, -0.2) is 11.9 Å². The number of hydrogen-bond donors (Lipinski definition) is 1. The van der Waals surface area contributed by atoms with Gasteiger partial charge >= 0.3 is 6.18 Å². The molecule has 0 radical (unpaired) electrons. The lowest BCUT2D eigenvalue weighted by molar-refractivity contribution is -0.137. The van der Waals surface area contributed by atoms with Crippen LogP contribution in [-0.2, 0) is 11.0 Å². The summed E-state index contributed by atoms with van der Waals surface area (Å²) in [6.07, 6.45) is -3.33. The van der Waals surface area contributed by atoms with Crippen molar-refractivity contribution in [2.24, 2.45) is 0 Å². The van der Waals surface area contributed by atoms with E-state index in [1.807, 2.05) is 0 Å². The lowest BCUT2D eigenvalue weighted by Gasteiger charge is -2.08. The van der Waals surface area contributed by atoms with Crippen LogP contribution < -0.4 is 5.32 Å². The van der Waals surface area contributed by atoms with Crippen LogP contribution >= 0.6 is 0 Å². The molecule has 1 aromatic rings. The number of alkyl halides is 3. The highest BCUT2D eigenvalue weighted by Gasteiger charge is 2.30. The van der Waals surface area contributed by atoms with E-state index in [4.69, 9.17) is 5.26 Å². The monoisotopic (exact) mass is 282 g/mol. The maximum absolute atomic E-state index is 12.6. The predicted octanol–water partition coefficient (Wildman–Crippen LogP) is 3.14. The molecule has 0 aliphatic heterocycles. The third-order valence-corrected chi connectivity index (χ3v) is 2.31. The van der Waals surface area contributed by atoms with Crippen LogP contribution in [0.25, 0.3) is 6.08 Å². The van der Waals surface area contributed by atoms with Gasteiger partial charge in [0.15, 0.2) is 0 Å². The van der Waals surface area contributed by atoms with Gasteiger partial charge in [-0.25, -0.2) is 0 Å². The Kier molecular flexibility index (Phi) is 4.92. The molecule has 3 nitrogen and oxygen atoms in total. The van der Waals surface area contributed by atoms with Crippen molar-refractivity contribution in [1.29, 1.82) is 5.26 Å².